The van der Waals surface area contributed by atoms with Gasteiger partial charge in [-0.05, 0) is 5.56 Å². The van der Waals surface area contributed by atoms with Crippen molar-refractivity contribution in [3.05, 3.63) is 35.9 Å². The van der Waals surface area contributed by atoms with Crippen LogP contribution in [0.1, 0.15) is 17.2 Å². The molecule has 0 aliphatic carbocycles. The lowest BCUT2D eigenvalue weighted by Gasteiger charge is -2.08. The Balaban J connectivity index is 0.000000437. The third-order valence-corrected chi connectivity index (χ3v) is 2.98. The van der Waals surface area contributed by atoms with Crippen LogP contribution in [0.3, 0.4) is 0 Å². The fourth-order valence-electron chi connectivity index (χ4n) is 0.829. The average molecular weight is 278 g/mol. The second-order valence-electron chi connectivity index (χ2n) is 2.89. The van der Waals surface area contributed by atoms with Crippen LogP contribution in [0.2, 0.25) is 0 Å². The van der Waals surface area contributed by atoms with Gasteiger partial charge in [0.2, 0.25) is 0 Å². The van der Waals surface area contributed by atoms with E-state index in [1.807, 2.05) is 30.3 Å². The molecule has 1 aromatic carbocycles. The van der Waals surface area contributed by atoms with Gasteiger partial charge in [0.25, 0.3) is 0 Å². The van der Waals surface area contributed by atoms with E-state index in [-0.39, 0.29) is 4.71 Å². The fraction of sp³-hybridized carbons (Fsp3) is 0.364. The molecule has 6 heteroatoms. The van der Waals surface area contributed by atoms with Gasteiger partial charge in [0.15, 0.2) is 0 Å². The van der Waals surface area contributed by atoms with E-state index in [1.54, 1.807) is 11.9 Å². The first-order valence-corrected chi connectivity index (χ1v) is 6.33. The molecule has 0 spiro atoms. The van der Waals surface area contributed by atoms with Crippen LogP contribution in [-0.4, -0.2) is 29.3 Å². The summed E-state index contributed by atoms with van der Waals surface area (Å²) >= 11 is 7.63. The van der Waals surface area contributed by atoms with Crippen LogP contribution in [0.4, 0.5) is 0 Å². The monoisotopic (exact) mass is 277 g/mol. The minimum Gasteiger partial charge on any atom is -0.480 e. The number of aliphatic hydroxyl groups excluding tert-OH is 1. The highest BCUT2D eigenvalue weighted by atomic mass is 35.5. The van der Waals surface area contributed by atoms with Crippen LogP contribution in [0.25, 0.3) is 0 Å². The number of alkyl halides is 1. The molecule has 0 bridgehead atoms. The molecule has 0 aliphatic rings. The van der Waals surface area contributed by atoms with Crippen LogP contribution >= 0.6 is 23.5 Å². The molecular formula is C11H16ClNO3S. The van der Waals surface area contributed by atoms with E-state index in [2.05, 4.69) is 11.6 Å². The highest BCUT2D eigenvalue weighted by Gasteiger charge is 2.05. The van der Waals surface area contributed by atoms with Crippen molar-refractivity contribution in [3.63, 3.8) is 0 Å². The van der Waals surface area contributed by atoms with Crippen LogP contribution < -0.4 is 4.72 Å². The molecule has 0 aliphatic heterocycles. The average Bonchev–Trinajstić information content (AvgIpc) is 2.37. The number of rotatable bonds is 5. The van der Waals surface area contributed by atoms with Crippen molar-refractivity contribution in [3.8, 4) is 0 Å². The lowest BCUT2D eigenvalue weighted by atomic mass is 10.2. The number of carboxylic acids is 1. The number of hydrogen-bond acceptors (Lipinski definition) is 4. The second-order valence-corrected chi connectivity index (χ2v) is 4.59. The molecule has 0 heterocycles. The number of nitrogens with one attached hydrogen (secondary N) is 1. The zero-order valence-electron chi connectivity index (χ0n) is 9.47. The first-order valence-electron chi connectivity index (χ1n) is 5.02. The molecule has 0 amide bonds. The maximum atomic E-state index is 9.12. The smallest absolute Gasteiger partial charge is 0.329 e. The van der Waals surface area contributed by atoms with Gasteiger partial charge in [0.05, 0.1) is 0 Å². The Morgan fingerprint density at radius 1 is 1.47 bits per heavy atom. The predicted octanol–water partition coefficient (Wildman–Crippen LogP) is 2.24. The van der Waals surface area contributed by atoms with Gasteiger partial charge in [-0.2, -0.15) is 0 Å². The Kier molecular flexibility index (Phi) is 9.95. The molecule has 0 saturated heterocycles. The van der Waals surface area contributed by atoms with Gasteiger partial charge in [-0.25, -0.2) is 4.79 Å². The van der Waals surface area contributed by atoms with E-state index in [0.717, 1.165) is 12.1 Å². The van der Waals surface area contributed by atoms with Gasteiger partial charge < -0.3 is 10.2 Å². The van der Waals surface area contributed by atoms with Crippen molar-refractivity contribution in [1.29, 1.82) is 0 Å². The van der Waals surface area contributed by atoms with E-state index >= 15 is 0 Å². The molecular weight excluding hydrogens is 262 g/mol. The Hall–Kier alpha value is -0.750. The molecule has 1 aromatic rings. The molecule has 1 rings (SSSR count). The molecule has 0 radical (unpaired) electrons. The molecule has 1 unspecified atom stereocenters. The number of carboxylic acid groups (broad SMARTS) is 1. The topological polar surface area (TPSA) is 69.6 Å². The van der Waals surface area contributed by atoms with Crippen LogP contribution in [0.15, 0.2) is 30.3 Å². The summed E-state index contributed by atoms with van der Waals surface area (Å²) in [5.74, 6) is -1.19. The number of halogens is 1. The summed E-state index contributed by atoms with van der Waals surface area (Å²) in [6, 6.07) is 10.0. The zero-order chi connectivity index (χ0) is 13.1. The Bertz CT molecular complexity index is 311. The number of aliphatic carboxylic acids is 1. The van der Waals surface area contributed by atoms with Gasteiger partial charge in [-0.15, -0.1) is 11.6 Å². The first-order chi connectivity index (χ1) is 8.11. The standard InChI is InChI=1S/C9H12ClNS.C2H4O3/c1-2-11-12-9(10)8-6-4-3-5-7-8;3-1-2(4)5/h3-7,9,11H,2H2,1H3;3H,1H2,(H,4,5). The molecule has 4 nitrogen and oxygen atoms in total. The molecule has 1 atom stereocenters. The largest absolute Gasteiger partial charge is 0.480 e. The SMILES string of the molecule is CCNSC(Cl)c1ccccc1.O=C(O)CO. The molecule has 0 saturated carbocycles. The summed E-state index contributed by atoms with van der Waals surface area (Å²) in [6.07, 6.45) is 0. The lowest BCUT2D eigenvalue weighted by molar-refractivity contribution is -0.140. The highest BCUT2D eigenvalue weighted by molar-refractivity contribution is 7.98. The zero-order valence-corrected chi connectivity index (χ0v) is 11.0. The molecule has 96 valence electrons. The maximum Gasteiger partial charge on any atom is 0.329 e. The number of carbonyl (C=O) groups is 1. The van der Waals surface area contributed by atoms with Gasteiger partial charge in [-0.1, -0.05) is 49.2 Å². The Morgan fingerprint density at radius 3 is 2.41 bits per heavy atom. The van der Waals surface area contributed by atoms with Gasteiger partial charge in [0, 0.05) is 6.54 Å². The fourth-order valence-corrected chi connectivity index (χ4v) is 1.77. The van der Waals surface area contributed by atoms with Crippen LogP contribution in [0, 0.1) is 0 Å². The maximum absolute atomic E-state index is 9.12. The van der Waals surface area contributed by atoms with Crippen molar-refractivity contribution >= 4 is 29.5 Å². The second kappa shape index (κ2) is 10.4. The van der Waals surface area contributed by atoms with Crippen molar-refractivity contribution in [2.24, 2.45) is 0 Å². The van der Waals surface area contributed by atoms with E-state index in [1.165, 1.54) is 0 Å². The Morgan fingerprint density at radius 2 is 2.00 bits per heavy atom. The number of hydrogen-bond donors (Lipinski definition) is 3. The van der Waals surface area contributed by atoms with Crippen molar-refractivity contribution in [1.82, 2.24) is 4.72 Å². The molecule has 17 heavy (non-hydrogen) atoms. The third-order valence-electron chi connectivity index (χ3n) is 1.53. The summed E-state index contributed by atoms with van der Waals surface area (Å²) in [6.45, 7) is 2.21. The predicted molar refractivity (Wildman–Crippen MR) is 71.0 cm³/mol. The summed E-state index contributed by atoms with van der Waals surface area (Å²) < 4.78 is 3.14. The van der Waals surface area contributed by atoms with Crippen molar-refractivity contribution in [2.45, 2.75) is 11.6 Å². The summed E-state index contributed by atoms with van der Waals surface area (Å²) in [4.78, 5) is 9.12. The quantitative estimate of drug-likeness (QED) is 0.569. The molecule has 3 N–H and O–H groups in total. The minimum absolute atomic E-state index is 0.00569. The third kappa shape index (κ3) is 9.00. The van der Waals surface area contributed by atoms with Crippen LogP contribution in [0.5, 0.6) is 0 Å². The molecule has 0 fully saturated rings. The first kappa shape index (κ1) is 16.2. The Labute approximate surface area is 110 Å². The van der Waals surface area contributed by atoms with E-state index in [4.69, 9.17) is 26.6 Å². The summed E-state index contributed by atoms with van der Waals surface area (Å²) in [7, 11) is 0. The minimum atomic E-state index is -1.19. The van der Waals surface area contributed by atoms with Crippen molar-refractivity contribution in [2.75, 3.05) is 13.2 Å². The molecule has 0 aromatic heterocycles. The number of benzene rings is 1. The van der Waals surface area contributed by atoms with Crippen molar-refractivity contribution < 1.29 is 15.0 Å². The summed E-state index contributed by atoms with van der Waals surface area (Å²) in [5.41, 5.74) is 1.14. The van der Waals surface area contributed by atoms with Gasteiger partial charge in [0.1, 0.15) is 11.3 Å². The van der Waals surface area contributed by atoms with Gasteiger partial charge in [-0.3, -0.25) is 4.72 Å². The highest BCUT2D eigenvalue weighted by Crippen LogP contribution is 2.29. The van der Waals surface area contributed by atoms with Crippen LogP contribution in [-0.2, 0) is 4.79 Å². The van der Waals surface area contributed by atoms with Gasteiger partial charge >= 0.3 is 5.97 Å². The van der Waals surface area contributed by atoms with E-state index in [9.17, 15) is 0 Å². The number of aliphatic hydroxyl groups is 1. The normalized spacial score (nSPS) is 11.2. The van der Waals surface area contributed by atoms with E-state index in [0.29, 0.717) is 0 Å². The lowest BCUT2D eigenvalue weighted by Crippen LogP contribution is -2.02. The summed E-state index contributed by atoms with van der Waals surface area (Å²) in [5, 5.41) is 15.0. The van der Waals surface area contributed by atoms with E-state index < -0.39 is 12.6 Å².